The van der Waals surface area contributed by atoms with Gasteiger partial charge < -0.3 is 5.73 Å². The van der Waals surface area contributed by atoms with Gasteiger partial charge in [-0.05, 0) is 0 Å². The van der Waals surface area contributed by atoms with E-state index in [1.54, 1.807) is 0 Å². The number of fused-ring (bicyclic) bond motifs is 1. The molecule has 2 rings (SSSR count). The Balaban J connectivity index is 2.44. The molecule has 0 spiro atoms. The average molecular weight is 216 g/mol. The number of hydrogen-bond donors (Lipinski definition) is 1. The van der Waals surface area contributed by atoms with Crippen LogP contribution in [0.1, 0.15) is 0 Å². The Kier molecular flexibility index (Phi) is 2.02. The molecule has 0 bridgehead atoms. The van der Waals surface area contributed by atoms with Gasteiger partial charge in [-0.2, -0.15) is 18.3 Å². The van der Waals surface area contributed by atoms with Crippen LogP contribution in [0.4, 0.5) is 18.9 Å². The molecule has 0 aromatic carbocycles. The molecule has 80 valence electrons. The van der Waals surface area contributed by atoms with Crippen LogP contribution in [0.15, 0.2) is 18.6 Å². The number of hydrogen-bond acceptors (Lipinski definition) is 3. The van der Waals surface area contributed by atoms with Crippen LogP contribution in [-0.4, -0.2) is 20.9 Å². The molecule has 2 heterocycles. The molecule has 2 N–H and O–H groups in total. The first-order chi connectivity index (χ1) is 6.96. The summed E-state index contributed by atoms with van der Waals surface area (Å²) in [6, 6.07) is 0. The number of pyridine rings is 1. The minimum Gasteiger partial charge on any atom is -0.397 e. The summed E-state index contributed by atoms with van der Waals surface area (Å²) < 4.78 is 37.0. The van der Waals surface area contributed by atoms with Crippen molar-refractivity contribution < 1.29 is 13.2 Å². The Bertz CT molecular complexity index is 488. The smallest absolute Gasteiger partial charge is 0.397 e. The fraction of sp³-hybridized carbons (Fsp3) is 0.250. The van der Waals surface area contributed by atoms with Crippen molar-refractivity contribution in [2.75, 3.05) is 5.73 Å². The van der Waals surface area contributed by atoms with Crippen molar-refractivity contribution in [2.45, 2.75) is 12.7 Å². The highest BCUT2D eigenvalue weighted by molar-refractivity contribution is 5.88. The summed E-state index contributed by atoms with van der Waals surface area (Å²) in [5.41, 5.74) is 6.22. The van der Waals surface area contributed by atoms with E-state index in [-0.39, 0.29) is 0 Å². The summed E-state index contributed by atoms with van der Waals surface area (Å²) in [5, 5.41) is 4.19. The lowest BCUT2D eigenvalue weighted by atomic mass is 10.3. The van der Waals surface area contributed by atoms with Gasteiger partial charge in [-0.3, -0.25) is 9.67 Å². The molecule has 0 saturated heterocycles. The first-order valence-corrected chi connectivity index (χ1v) is 4.09. The van der Waals surface area contributed by atoms with E-state index < -0.39 is 12.7 Å². The third-order valence-electron chi connectivity index (χ3n) is 1.85. The van der Waals surface area contributed by atoms with Gasteiger partial charge in [-0.15, -0.1) is 0 Å². The molecule has 0 amide bonds. The summed E-state index contributed by atoms with van der Waals surface area (Å²) >= 11 is 0. The lowest BCUT2D eigenvalue weighted by Crippen LogP contribution is -2.17. The molecule has 15 heavy (non-hydrogen) atoms. The van der Waals surface area contributed by atoms with E-state index in [4.69, 9.17) is 5.73 Å². The Labute approximate surface area is 82.5 Å². The van der Waals surface area contributed by atoms with Crippen molar-refractivity contribution in [2.24, 2.45) is 0 Å². The second-order valence-corrected chi connectivity index (χ2v) is 3.10. The molecule has 0 radical (unpaired) electrons. The summed E-state index contributed by atoms with van der Waals surface area (Å²) in [5.74, 6) is 0. The van der Waals surface area contributed by atoms with Gasteiger partial charge in [0.1, 0.15) is 12.1 Å². The fourth-order valence-electron chi connectivity index (χ4n) is 1.28. The van der Waals surface area contributed by atoms with Crippen molar-refractivity contribution in [3.63, 3.8) is 0 Å². The van der Waals surface area contributed by atoms with Crippen LogP contribution in [0.25, 0.3) is 10.9 Å². The molecule has 0 aliphatic heterocycles. The number of aromatic nitrogens is 3. The van der Waals surface area contributed by atoms with E-state index in [9.17, 15) is 13.2 Å². The molecular formula is C8H7F3N4. The van der Waals surface area contributed by atoms with Crippen LogP contribution < -0.4 is 5.73 Å². The molecule has 4 nitrogen and oxygen atoms in total. The maximum absolute atomic E-state index is 12.1. The molecule has 0 aliphatic rings. The van der Waals surface area contributed by atoms with Gasteiger partial charge in [0.05, 0.1) is 18.1 Å². The molecule has 2 aromatic rings. The van der Waals surface area contributed by atoms with Gasteiger partial charge in [0.2, 0.25) is 0 Å². The molecule has 2 aromatic heterocycles. The highest BCUT2D eigenvalue weighted by Crippen LogP contribution is 2.21. The summed E-state index contributed by atoms with van der Waals surface area (Å²) in [6.45, 7) is -1.12. The van der Waals surface area contributed by atoms with Crippen molar-refractivity contribution in [1.82, 2.24) is 14.8 Å². The maximum atomic E-state index is 12.1. The topological polar surface area (TPSA) is 56.7 Å². The predicted octanol–water partition coefficient (Wildman–Crippen LogP) is 1.58. The van der Waals surface area contributed by atoms with E-state index in [0.717, 1.165) is 4.68 Å². The maximum Gasteiger partial charge on any atom is 0.408 e. The molecule has 0 aliphatic carbocycles. The van der Waals surface area contributed by atoms with E-state index in [1.165, 1.54) is 18.6 Å². The van der Waals surface area contributed by atoms with E-state index in [2.05, 4.69) is 10.1 Å². The van der Waals surface area contributed by atoms with Gasteiger partial charge in [0, 0.05) is 11.6 Å². The van der Waals surface area contributed by atoms with Crippen LogP contribution in [0.2, 0.25) is 0 Å². The van der Waals surface area contributed by atoms with Gasteiger partial charge in [0.25, 0.3) is 0 Å². The first-order valence-electron chi connectivity index (χ1n) is 4.09. The van der Waals surface area contributed by atoms with Crippen molar-refractivity contribution in [3.8, 4) is 0 Å². The average Bonchev–Trinajstić information content (AvgIpc) is 2.45. The minimum absolute atomic E-state index is 0.320. The Morgan fingerprint density at radius 2 is 2.07 bits per heavy atom. The third-order valence-corrected chi connectivity index (χ3v) is 1.85. The molecular weight excluding hydrogens is 209 g/mol. The number of alkyl halides is 3. The zero-order chi connectivity index (χ0) is 11.1. The highest BCUT2D eigenvalue weighted by Gasteiger charge is 2.28. The van der Waals surface area contributed by atoms with Gasteiger partial charge in [-0.1, -0.05) is 0 Å². The molecule has 0 saturated carbocycles. The van der Waals surface area contributed by atoms with E-state index in [1.807, 2.05) is 0 Å². The number of nitrogens with zero attached hydrogens (tertiary/aromatic N) is 3. The van der Waals surface area contributed by atoms with Crippen molar-refractivity contribution in [3.05, 3.63) is 18.6 Å². The summed E-state index contributed by atoms with van der Waals surface area (Å²) in [7, 11) is 0. The van der Waals surface area contributed by atoms with Crippen molar-refractivity contribution >= 4 is 16.6 Å². The second-order valence-electron chi connectivity index (χ2n) is 3.10. The summed E-state index contributed by atoms with van der Waals surface area (Å²) in [4.78, 5) is 3.74. The van der Waals surface area contributed by atoms with Crippen LogP contribution in [-0.2, 0) is 6.54 Å². The van der Waals surface area contributed by atoms with Gasteiger partial charge in [0.15, 0.2) is 0 Å². The lowest BCUT2D eigenvalue weighted by Gasteiger charge is -2.04. The van der Waals surface area contributed by atoms with Gasteiger partial charge >= 0.3 is 6.18 Å². The number of rotatable bonds is 1. The predicted molar refractivity (Wildman–Crippen MR) is 48.0 cm³/mol. The Morgan fingerprint density at radius 1 is 1.33 bits per heavy atom. The van der Waals surface area contributed by atoms with Gasteiger partial charge in [-0.25, -0.2) is 0 Å². The van der Waals surface area contributed by atoms with Crippen LogP contribution in [0.5, 0.6) is 0 Å². The molecule has 0 fully saturated rings. The normalized spacial score (nSPS) is 12.2. The minimum atomic E-state index is -4.29. The number of anilines is 1. The Hall–Kier alpha value is -1.79. The first kappa shape index (κ1) is 9.75. The van der Waals surface area contributed by atoms with E-state index >= 15 is 0 Å². The van der Waals surface area contributed by atoms with E-state index in [0.29, 0.717) is 16.6 Å². The monoisotopic (exact) mass is 216 g/mol. The quantitative estimate of drug-likeness (QED) is 0.787. The van der Waals surface area contributed by atoms with Crippen LogP contribution in [0.3, 0.4) is 0 Å². The van der Waals surface area contributed by atoms with Crippen LogP contribution in [0, 0.1) is 0 Å². The standard InChI is InChI=1S/C8H7F3N4/c9-8(10,11)4-15-3-5-6(12)1-13-2-7(5)14-15/h1-3H,4,12H2. The second kappa shape index (κ2) is 3.11. The fourth-order valence-corrected chi connectivity index (χ4v) is 1.28. The largest absolute Gasteiger partial charge is 0.408 e. The number of halogens is 3. The Morgan fingerprint density at radius 3 is 2.67 bits per heavy atom. The molecule has 7 heteroatoms. The zero-order valence-electron chi connectivity index (χ0n) is 7.49. The van der Waals surface area contributed by atoms with Crippen LogP contribution >= 0.6 is 0 Å². The molecule has 0 atom stereocenters. The number of nitrogen functional groups attached to an aromatic ring is 1. The SMILES string of the molecule is Nc1cncc2nn(CC(F)(F)F)cc12. The molecule has 0 unspecified atom stereocenters. The summed E-state index contributed by atoms with van der Waals surface area (Å²) in [6.07, 6.45) is -0.273. The third kappa shape index (κ3) is 2.00. The highest BCUT2D eigenvalue weighted by atomic mass is 19.4. The lowest BCUT2D eigenvalue weighted by molar-refractivity contribution is -0.142. The number of nitrogens with two attached hydrogens (primary N) is 1. The zero-order valence-corrected chi connectivity index (χ0v) is 7.49. The van der Waals surface area contributed by atoms with Crippen molar-refractivity contribution in [1.29, 1.82) is 0 Å².